The molecule has 1 aromatic carbocycles. The standard InChI is InChI=1S/C21H25NO4S/c1-4-22(13-17-8-6-5-7-9-17)20(24)14-26-21(25)11-10-19(23)18-12-15(2)27-16(18)3/h5-9,12H,4,10-11,13-14H2,1-3H3. The van der Waals surface area contributed by atoms with Crippen molar-refractivity contribution in [3.8, 4) is 0 Å². The van der Waals surface area contributed by atoms with E-state index in [1.165, 1.54) is 0 Å². The number of likely N-dealkylation sites (N-methyl/N-ethyl adjacent to an activating group) is 1. The van der Waals surface area contributed by atoms with Gasteiger partial charge in [-0.3, -0.25) is 14.4 Å². The normalized spacial score (nSPS) is 10.5. The van der Waals surface area contributed by atoms with Gasteiger partial charge in [0.2, 0.25) is 0 Å². The Morgan fingerprint density at radius 3 is 2.37 bits per heavy atom. The van der Waals surface area contributed by atoms with Gasteiger partial charge in [0.1, 0.15) is 0 Å². The fraction of sp³-hybridized carbons (Fsp3) is 0.381. The Hall–Kier alpha value is -2.47. The molecular formula is C21H25NO4S. The molecular weight excluding hydrogens is 362 g/mol. The van der Waals surface area contributed by atoms with E-state index in [1.54, 1.807) is 16.2 Å². The van der Waals surface area contributed by atoms with Crippen molar-refractivity contribution in [3.05, 3.63) is 57.3 Å². The molecule has 0 saturated heterocycles. The van der Waals surface area contributed by atoms with Crippen LogP contribution in [0.15, 0.2) is 36.4 Å². The highest BCUT2D eigenvalue weighted by atomic mass is 32.1. The van der Waals surface area contributed by atoms with Crippen molar-refractivity contribution < 1.29 is 19.1 Å². The number of aryl methyl sites for hydroxylation is 2. The highest BCUT2D eigenvalue weighted by Gasteiger charge is 2.17. The predicted octanol–water partition coefficient (Wildman–Crippen LogP) is 3.92. The third kappa shape index (κ3) is 6.32. The van der Waals surface area contributed by atoms with Crippen LogP contribution >= 0.6 is 11.3 Å². The zero-order valence-electron chi connectivity index (χ0n) is 16.0. The number of esters is 1. The Balaban J connectivity index is 1.77. The van der Waals surface area contributed by atoms with E-state index >= 15 is 0 Å². The summed E-state index contributed by atoms with van der Waals surface area (Å²) in [7, 11) is 0. The molecule has 1 amide bonds. The van der Waals surface area contributed by atoms with E-state index in [0.29, 0.717) is 18.7 Å². The van der Waals surface area contributed by atoms with Gasteiger partial charge < -0.3 is 9.64 Å². The van der Waals surface area contributed by atoms with Crippen LogP contribution in [0.5, 0.6) is 0 Å². The summed E-state index contributed by atoms with van der Waals surface area (Å²) in [5, 5.41) is 0. The molecule has 0 N–H and O–H groups in total. The smallest absolute Gasteiger partial charge is 0.306 e. The fourth-order valence-corrected chi connectivity index (χ4v) is 3.69. The minimum atomic E-state index is -0.530. The molecule has 5 nitrogen and oxygen atoms in total. The molecule has 0 aliphatic rings. The first-order chi connectivity index (χ1) is 12.9. The molecule has 0 fully saturated rings. The number of carbonyl (C=O) groups is 3. The monoisotopic (exact) mass is 387 g/mol. The molecule has 144 valence electrons. The number of ether oxygens (including phenoxy) is 1. The average molecular weight is 388 g/mol. The van der Waals surface area contributed by atoms with Crippen LogP contribution in [0.1, 0.15) is 45.4 Å². The van der Waals surface area contributed by atoms with Crippen molar-refractivity contribution in [2.75, 3.05) is 13.2 Å². The first-order valence-electron chi connectivity index (χ1n) is 8.98. The molecule has 2 rings (SSSR count). The lowest BCUT2D eigenvalue weighted by molar-refractivity contribution is -0.152. The summed E-state index contributed by atoms with van der Waals surface area (Å²) < 4.78 is 5.07. The third-order valence-corrected chi connectivity index (χ3v) is 5.17. The highest BCUT2D eigenvalue weighted by molar-refractivity contribution is 7.12. The maximum absolute atomic E-state index is 12.3. The Morgan fingerprint density at radius 1 is 1.07 bits per heavy atom. The maximum atomic E-state index is 12.3. The number of ketones is 1. The van der Waals surface area contributed by atoms with Gasteiger partial charge in [0.05, 0.1) is 6.42 Å². The zero-order chi connectivity index (χ0) is 19.8. The number of hydrogen-bond donors (Lipinski definition) is 0. The number of benzene rings is 1. The van der Waals surface area contributed by atoms with Gasteiger partial charge in [-0.2, -0.15) is 0 Å². The largest absolute Gasteiger partial charge is 0.456 e. The number of rotatable bonds is 9. The van der Waals surface area contributed by atoms with Crippen LogP contribution in [-0.2, 0) is 20.9 Å². The van der Waals surface area contributed by atoms with Gasteiger partial charge in [-0.1, -0.05) is 30.3 Å². The van der Waals surface area contributed by atoms with Crippen LogP contribution in [-0.4, -0.2) is 35.7 Å². The topological polar surface area (TPSA) is 63.7 Å². The van der Waals surface area contributed by atoms with Crippen molar-refractivity contribution in [1.29, 1.82) is 0 Å². The predicted molar refractivity (Wildman–Crippen MR) is 106 cm³/mol. The molecule has 0 saturated carbocycles. The lowest BCUT2D eigenvalue weighted by Gasteiger charge is -2.20. The molecule has 2 aromatic rings. The van der Waals surface area contributed by atoms with Gasteiger partial charge in [-0.15, -0.1) is 11.3 Å². The Bertz CT molecular complexity index is 798. The number of thiophene rings is 1. The minimum Gasteiger partial charge on any atom is -0.456 e. The van der Waals surface area contributed by atoms with Crippen LogP contribution in [0.3, 0.4) is 0 Å². The van der Waals surface area contributed by atoms with E-state index in [1.807, 2.05) is 57.2 Å². The summed E-state index contributed by atoms with van der Waals surface area (Å²) in [5.74, 6) is -0.846. The van der Waals surface area contributed by atoms with Gasteiger partial charge in [0.15, 0.2) is 12.4 Å². The van der Waals surface area contributed by atoms with Crippen molar-refractivity contribution in [2.24, 2.45) is 0 Å². The van der Waals surface area contributed by atoms with Crippen molar-refractivity contribution in [1.82, 2.24) is 4.90 Å². The van der Waals surface area contributed by atoms with Gasteiger partial charge in [-0.05, 0) is 32.4 Å². The molecule has 0 atom stereocenters. The van der Waals surface area contributed by atoms with E-state index in [0.717, 1.165) is 15.3 Å². The first kappa shape index (κ1) is 20.8. The van der Waals surface area contributed by atoms with E-state index < -0.39 is 5.97 Å². The maximum Gasteiger partial charge on any atom is 0.306 e. The summed E-state index contributed by atoms with van der Waals surface area (Å²) >= 11 is 1.57. The van der Waals surface area contributed by atoms with Gasteiger partial charge in [0, 0.05) is 34.8 Å². The lowest BCUT2D eigenvalue weighted by Crippen LogP contribution is -2.34. The molecule has 1 aromatic heterocycles. The number of Topliss-reactive ketones (excluding diaryl/α,β-unsaturated/α-hetero) is 1. The molecule has 0 unspecified atom stereocenters. The van der Waals surface area contributed by atoms with Gasteiger partial charge in [0.25, 0.3) is 5.91 Å². The molecule has 0 radical (unpaired) electrons. The summed E-state index contributed by atoms with van der Waals surface area (Å²) in [6, 6.07) is 11.5. The molecule has 0 bridgehead atoms. The van der Waals surface area contributed by atoms with E-state index in [2.05, 4.69) is 0 Å². The Labute approximate surface area is 164 Å². The highest BCUT2D eigenvalue weighted by Crippen LogP contribution is 2.22. The minimum absolute atomic E-state index is 0.0226. The van der Waals surface area contributed by atoms with Gasteiger partial charge in [-0.25, -0.2) is 0 Å². The van der Waals surface area contributed by atoms with Crippen LogP contribution in [0.25, 0.3) is 0 Å². The molecule has 0 aliphatic carbocycles. The number of carbonyl (C=O) groups excluding carboxylic acids is 3. The first-order valence-corrected chi connectivity index (χ1v) is 9.80. The van der Waals surface area contributed by atoms with Crippen LogP contribution < -0.4 is 0 Å². The van der Waals surface area contributed by atoms with E-state index in [9.17, 15) is 14.4 Å². The van der Waals surface area contributed by atoms with Crippen molar-refractivity contribution in [2.45, 2.75) is 40.2 Å². The fourth-order valence-electron chi connectivity index (χ4n) is 2.74. The van der Waals surface area contributed by atoms with Crippen LogP contribution in [0.4, 0.5) is 0 Å². The van der Waals surface area contributed by atoms with E-state index in [-0.39, 0.29) is 31.1 Å². The van der Waals surface area contributed by atoms with Gasteiger partial charge >= 0.3 is 5.97 Å². The zero-order valence-corrected chi connectivity index (χ0v) is 16.8. The van der Waals surface area contributed by atoms with Crippen LogP contribution in [0, 0.1) is 13.8 Å². The average Bonchev–Trinajstić information content (AvgIpc) is 3.01. The second-order valence-electron chi connectivity index (χ2n) is 6.30. The SMILES string of the molecule is CCN(Cc1ccccc1)C(=O)COC(=O)CCC(=O)c1cc(C)sc1C. The Morgan fingerprint density at radius 2 is 1.78 bits per heavy atom. The third-order valence-electron chi connectivity index (χ3n) is 4.20. The summed E-state index contributed by atoms with van der Waals surface area (Å²) in [6.07, 6.45) is 0.0663. The lowest BCUT2D eigenvalue weighted by atomic mass is 10.1. The van der Waals surface area contributed by atoms with E-state index in [4.69, 9.17) is 4.74 Å². The quantitative estimate of drug-likeness (QED) is 0.483. The second-order valence-corrected chi connectivity index (χ2v) is 7.76. The number of hydrogen-bond acceptors (Lipinski definition) is 5. The molecule has 27 heavy (non-hydrogen) atoms. The van der Waals surface area contributed by atoms with Crippen molar-refractivity contribution >= 4 is 29.0 Å². The van der Waals surface area contributed by atoms with Crippen LogP contribution in [0.2, 0.25) is 0 Å². The number of amides is 1. The summed E-state index contributed by atoms with van der Waals surface area (Å²) in [6.45, 7) is 6.43. The molecule has 0 spiro atoms. The Kier molecular flexibility index (Phi) is 7.73. The molecule has 1 heterocycles. The van der Waals surface area contributed by atoms with Crippen molar-refractivity contribution in [3.63, 3.8) is 0 Å². The molecule has 0 aliphatic heterocycles. The summed E-state index contributed by atoms with van der Waals surface area (Å²) in [4.78, 5) is 40.0. The summed E-state index contributed by atoms with van der Waals surface area (Å²) in [5.41, 5.74) is 1.69. The second kappa shape index (κ2) is 10.0. The molecule has 6 heteroatoms. The number of nitrogens with zero attached hydrogens (tertiary/aromatic N) is 1.